The number of likely N-dealkylation sites (N-methyl/N-ethyl adjacent to an activating group) is 1. The second-order valence-electron chi connectivity index (χ2n) is 6.25. The van der Waals surface area contributed by atoms with Gasteiger partial charge in [-0.15, -0.1) is 0 Å². The molecule has 3 heteroatoms. The van der Waals surface area contributed by atoms with Gasteiger partial charge in [-0.3, -0.25) is 4.90 Å². The van der Waals surface area contributed by atoms with Crippen LogP contribution >= 0.6 is 11.6 Å². The molecule has 1 unspecified atom stereocenters. The van der Waals surface area contributed by atoms with Crippen LogP contribution in [-0.2, 0) is 0 Å². The molecule has 1 atom stereocenters. The third-order valence-electron chi connectivity index (χ3n) is 5.01. The van der Waals surface area contributed by atoms with Crippen LogP contribution < -0.4 is 5.32 Å². The minimum atomic E-state index is 0.706. The summed E-state index contributed by atoms with van der Waals surface area (Å²) in [5, 5.41) is 4.63. The van der Waals surface area contributed by atoms with Crippen molar-refractivity contribution in [1.82, 2.24) is 10.2 Å². The predicted molar refractivity (Wildman–Crippen MR) is 85.5 cm³/mol. The molecule has 0 amide bonds. The second-order valence-corrected chi connectivity index (χ2v) is 6.69. The summed E-state index contributed by atoms with van der Waals surface area (Å²) in [6, 6.07) is 9.83. The van der Waals surface area contributed by atoms with Gasteiger partial charge in [-0.2, -0.15) is 0 Å². The molecule has 1 saturated heterocycles. The first kappa shape index (κ1) is 14.4. The SMILES string of the molecule is CCN1CCCC1CNC1CC(c2cccc(Cl)c2)C1. The van der Waals surface area contributed by atoms with Crippen LogP contribution in [-0.4, -0.2) is 36.6 Å². The Morgan fingerprint density at radius 1 is 1.35 bits per heavy atom. The van der Waals surface area contributed by atoms with Crippen molar-refractivity contribution in [2.24, 2.45) is 0 Å². The van der Waals surface area contributed by atoms with Gasteiger partial charge < -0.3 is 5.32 Å². The molecular weight excluding hydrogens is 268 g/mol. The lowest BCUT2D eigenvalue weighted by atomic mass is 9.76. The Bertz CT molecular complexity index is 442. The fourth-order valence-corrected chi connectivity index (χ4v) is 3.86. The van der Waals surface area contributed by atoms with Crippen molar-refractivity contribution in [3.05, 3.63) is 34.9 Å². The molecule has 1 aliphatic carbocycles. The van der Waals surface area contributed by atoms with Gasteiger partial charge in [0.2, 0.25) is 0 Å². The molecule has 110 valence electrons. The third-order valence-corrected chi connectivity index (χ3v) is 5.24. The molecular formula is C17H25ClN2. The molecule has 1 heterocycles. The van der Waals surface area contributed by atoms with Crippen molar-refractivity contribution in [2.45, 2.75) is 50.6 Å². The lowest BCUT2D eigenvalue weighted by Crippen LogP contribution is -2.46. The zero-order chi connectivity index (χ0) is 13.9. The van der Waals surface area contributed by atoms with Crippen LogP contribution in [0.15, 0.2) is 24.3 Å². The zero-order valence-electron chi connectivity index (χ0n) is 12.3. The Morgan fingerprint density at radius 2 is 2.20 bits per heavy atom. The maximum Gasteiger partial charge on any atom is 0.0408 e. The topological polar surface area (TPSA) is 15.3 Å². The van der Waals surface area contributed by atoms with Crippen molar-refractivity contribution in [3.63, 3.8) is 0 Å². The quantitative estimate of drug-likeness (QED) is 0.891. The summed E-state index contributed by atoms with van der Waals surface area (Å²) in [6.45, 7) is 5.93. The molecule has 0 radical (unpaired) electrons. The van der Waals surface area contributed by atoms with Gasteiger partial charge in [0, 0.05) is 23.7 Å². The van der Waals surface area contributed by atoms with Gasteiger partial charge in [0.1, 0.15) is 0 Å². The summed E-state index contributed by atoms with van der Waals surface area (Å²) in [5.41, 5.74) is 1.41. The van der Waals surface area contributed by atoms with Gasteiger partial charge in [-0.1, -0.05) is 30.7 Å². The largest absolute Gasteiger partial charge is 0.312 e. The van der Waals surface area contributed by atoms with Gasteiger partial charge in [-0.05, 0) is 62.4 Å². The van der Waals surface area contributed by atoms with Crippen molar-refractivity contribution in [3.8, 4) is 0 Å². The maximum absolute atomic E-state index is 6.06. The molecule has 1 aliphatic heterocycles. The van der Waals surface area contributed by atoms with Gasteiger partial charge in [0.05, 0.1) is 0 Å². The zero-order valence-corrected chi connectivity index (χ0v) is 13.1. The standard InChI is InChI=1S/C17H25ClN2/c1-2-20-8-4-7-17(20)12-19-16-10-14(11-16)13-5-3-6-15(18)9-13/h3,5-6,9,14,16-17,19H,2,4,7-8,10-12H2,1H3. The molecule has 0 spiro atoms. The van der Waals surface area contributed by atoms with E-state index in [1.807, 2.05) is 6.07 Å². The average molecular weight is 293 g/mol. The van der Waals surface area contributed by atoms with E-state index in [0.29, 0.717) is 12.0 Å². The molecule has 1 N–H and O–H groups in total. The number of hydrogen-bond donors (Lipinski definition) is 1. The molecule has 1 aromatic rings. The summed E-state index contributed by atoms with van der Waals surface area (Å²) in [4.78, 5) is 2.61. The van der Waals surface area contributed by atoms with Crippen LogP contribution in [0.1, 0.15) is 44.1 Å². The number of nitrogens with zero attached hydrogens (tertiary/aromatic N) is 1. The Kier molecular flexibility index (Phi) is 4.65. The van der Waals surface area contributed by atoms with Crippen LogP contribution in [0, 0.1) is 0 Å². The fourth-order valence-electron chi connectivity index (χ4n) is 3.66. The van der Waals surface area contributed by atoms with E-state index >= 15 is 0 Å². The third kappa shape index (κ3) is 3.19. The highest BCUT2D eigenvalue weighted by atomic mass is 35.5. The summed E-state index contributed by atoms with van der Waals surface area (Å²) < 4.78 is 0. The van der Waals surface area contributed by atoms with Crippen LogP contribution in [0.2, 0.25) is 5.02 Å². The highest BCUT2D eigenvalue weighted by molar-refractivity contribution is 6.30. The Labute approximate surface area is 127 Å². The fraction of sp³-hybridized carbons (Fsp3) is 0.647. The normalized spacial score (nSPS) is 30.4. The summed E-state index contributed by atoms with van der Waals surface area (Å²) in [6.07, 6.45) is 5.26. The summed E-state index contributed by atoms with van der Waals surface area (Å²) in [7, 11) is 0. The summed E-state index contributed by atoms with van der Waals surface area (Å²) in [5.74, 6) is 0.706. The molecule has 2 fully saturated rings. The first-order chi connectivity index (χ1) is 9.76. The number of nitrogens with one attached hydrogen (secondary N) is 1. The molecule has 2 aliphatic rings. The molecule has 1 aromatic carbocycles. The number of likely N-dealkylation sites (tertiary alicyclic amines) is 1. The molecule has 20 heavy (non-hydrogen) atoms. The van der Waals surface area contributed by atoms with Gasteiger partial charge in [-0.25, -0.2) is 0 Å². The number of halogens is 1. The Balaban J connectivity index is 1.42. The highest BCUT2D eigenvalue weighted by Crippen LogP contribution is 2.37. The Morgan fingerprint density at radius 3 is 2.95 bits per heavy atom. The number of hydrogen-bond acceptors (Lipinski definition) is 2. The van der Waals surface area contributed by atoms with Crippen molar-refractivity contribution < 1.29 is 0 Å². The van der Waals surface area contributed by atoms with E-state index in [0.717, 1.165) is 11.1 Å². The average Bonchev–Trinajstić information content (AvgIpc) is 2.84. The predicted octanol–water partition coefficient (Wildman–Crippen LogP) is 3.66. The smallest absolute Gasteiger partial charge is 0.0408 e. The van der Waals surface area contributed by atoms with Crippen molar-refractivity contribution in [2.75, 3.05) is 19.6 Å². The van der Waals surface area contributed by atoms with Crippen LogP contribution in [0.3, 0.4) is 0 Å². The maximum atomic E-state index is 6.06. The van der Waals surface area contributed by atoms with Crippen LogP contribution in [0.5, 0.6) is 0 Å². The van der Waals surface area contributed by atoms with Crippen molar-refractivity contribution >= 4 is 11.6 Å². The lowest BCUT2D eigenvalue weighted by Gasteiger charge is -2.38. The minimum Gasteiger partial charge on any atom is -0.312 e. The first-order valence-electron chi connectivity index (χ1n) is 7.99. The monoisotopic (exact) mass is 292 g/mol. The van der Waals surface area contributed by atoms with E-state index in [1.54, 1.807) is 0 Å². The van der Waals surface area contributed by atoms with E-state index in [9.17, 15) is 0 Å². The van der Waals surface area contributed by atoms with Crippen LogP contribution in [0.25, 0.3) is 0 Å². The molecule has 2 nitrogen and oxygen atoms in total. The lowest BCUT2D eigenvalue weighted by molar-refractivity contribution is 0.225. The van der Waals surface area contributed by atoms with E-state index in [2.05, 4.69) is 35.3 Å². The molecule has 1 saturated carbocycles. The van der Waals surface area contributed by atoms with Gasteiger partial charge in [0.25, 0.3) is 0 Å². The van der Waals surface area contributed by atoms with Gasteiger partial charge >= 0.3 is 0 Å². The second kappa shape index (κ2) is 6.46. The van der Waals surface area contributed by atoms with E-state index < -0.39 is 0 Å². The molecule has 0 aromatic heterocycles. The van der Waals surface area contributed by atoms with E-state index in [-0.39, 0.29) is 0 Å². The first-order valence-corrected chi connectivity index (χ1v) is 8.37. The highest BCUT2D eigenvalue weighted by Gasteiger charge is 2.31. The number of benzene rings is 1. The summed E-state index contributed by atoms with van der Waals surface area (Å²) >= 11 is 6.06. The number of rotatable bonds is 5. The molecule has 3 rings (SSSR count). The van der Waals surface area contributed by atoms with Crippen molar-refractivity contribution in [1.29, 1.82) is 0 Å². The Hall–Kier alpha value is -0.570. The van der Waals surface area contributed by atoms with E-state index in [4.69, 9.17) is 11.6 Å². The van der Waals surface area contributed by atoms with Crippen LogP contribution in [0.4, 0.5) is 0 Å². The minimum absolute atomic E-state index is 0.706. The van der Waals surface area contributed by atoms with Gasteiger partial charge in [0.15, 0.2) is 0 Å². The van der Waals surface area contributed by atoms with E-state index in [1.165, 1.54) is 50.9 Å². The molecule has 0 bridgehead atoms.